The van der Waals surface area contributed by atoms with Crippen LogP contribution in [0.5, 0.6) is 5.75 Å². The first-order valence-corrected chi connectivity index (χ1v) is 12.0. The monoisotopic (exact) mass is 437 g/mol. The smallest absolute Gasteiger partial charge is 0.224 e. The lowest BCUT2D eigenvalue weighted by Crippen LogP contribution is -2.48. The molecule has 2 aromatic rings. The molecule has 0 aliphatic carbocycles. The van der Waals surface area contributed by atoms with Gasteiger partial charge in [-0.15, -0.1) is 0 Å². The average Bonchev–Trinajstić information content (AvgIpc) is 2.80. The van der Waals surface area contributed by atoms with E-state index in [0.29, 0.717) is 12.3 Å². The van der Waals surface area contributed by atoms with Crippen molar-refractivity contribution in [2.45, 2.75) is 39.2 Å². The number of hydrogen-bond acceptors (Lipinski definition) is 4. The zero-order valence-corrected chi connectivity index (χ0v) is 19.9. The standard InChI is InChI=1S/C27H39N3O2/c1-4-8-22(2)21-32-25-13-11-24(12-14-25)26(20-30-17-15-29(3)16-18-30)28-27(31)19-23-9-6-5-7-10-23/h5-7,9-14,22,26H,4,8,15-21H2,1-3H3,(H,28,31). The minimum atomic E-state index is -0.0392. The van der Waals surface area contributed by atoms with Gasteiger partial charge in [0.05, 0.1) is 19.1 Å². The summed E-state index contributed by atoms with van der Waals surface area (Å²) in [6.45, 7) is 10.2. The molecule has 0 saturated carbocycles. The van der Waals surface area contributed by atoms with Gasteiger partial charge in [-0.3, -0.25) is 9.69 Å². The van der Waals surface area contributed by atoms with Crippen molar-refractivity contribution in [2.24, 2.45) is 5.92 Å². The largest absolute Gasteiger partial charge is 0.493 e. The molecule has 3 rings (SSSR count). The molecule has 1 saturated heterocycles. The molecule has 5 heteroatoms. The van der Waals surface area contributed by atoms with Crippen molar-refractivity contribution in [3.8, 4) is 5.75 Å². The van der Waals surface area contributed by atoms with Crippen LogP contribution in [0.2, 0.25) is 0 Å². The number of piperazine rings is 1. The van der Waals surface area contributed by atoms with Crippen LogP contribution in [0.15, 0.2) is 54.6 Å². The highest BCUT2D eigenvalue weighted by molar-refractivity contribution is 5.79. The minimum Gasteiger partial charge on any atom is -0.493 e. The molecule has 2 atom stereocenters. The number of ether oxygens (including phenoxy) is 1. The fraction of sp³-hybridized carbons (Fsp3) is 0.519. The number of rotatable bonds is 11. The number of carbonyl (C=O) groups excluding carboxylic acids is 1. The van der Waals surface area contributed by atoms with Crippen LogP contribution in [-0.4, -0.2) is 62.1 Å². The first-order chi connectivity index (χ1) is 15.5. The van der Waals surface area contributed by atoms with Crippen LogP contribution in [0.4, 0.5) is 0 Å². The molecule has 1 heterocycles. The van der Waals surface area contributed by atoms with E-state index < -0.39 is 0 Å². The predicted octanol–water partition coefficient (Wildman–Crippen LogP) is 4.15. The number of nitrogens with one attached hydrogen (secondary N) is 1. The van der Waals surface area contributed by atoms with Crippen LogP contribution >= 0.6 is 0 Å². The van der Waals surface area contributed by atoms with Crippen molar-refractivity contribution in [3.63, 3.8) is 0 Å². The van der Waals surface area contributed by atoms with Crippen molar-refractivity contribution < 1.29 is 9.53 Å². The third kappa shape index (κ3) is 7.95. The van der Waals surface area contributed by atoms with Crippen LogP contribution in [0.25, 0.3) is 0 Å². The third-order valence-corrected chi connectivity index (χ3v) is 6.18. The van der Waals surface area contributed by atoms with Crippen LogP contribution in [-0.2, 0) is 11.2 Å². The summed E-state index contributed by atoms with van der Waals surface area (Å²) < 4.78 is 5.97. The fourth-order valence-electron chi connectivity index (χ4n) is 4.16. The molecule has 1 aliphatic rings. The molecule has 0 spiro atoms. The van der Waals surface area contributed by atoms with Crippen LogP contribution in [0, 0.1) is 5.92 Å². The van der Waals surface area contributed by atoms with Gasteiger partial charge in [-0.2, -0.15) is 0 Å². The maximum atomic E-state index is 12.8. The van der Waals surface area contributed by atoms with Gasteiger partial charge in [0.15, 0.2) is 0 Å². The Balaban J connectivity index is 1.64. The van der Waals surface area contributed by atoms with Gasteiger partial charge in [0.25, 0.3) is 0 Å². The summed E-state index contributed by atoms with van der Waals surface area (Å²) in [5.74, 6) is 1.51. The van der Waals surface area contributed by atoms with Gasteiger partial charge in [0, 0.05) is 32.7 Å². The average molecular weight is 438 g/mol. The maximum absolute atomic E-state index is 12.8. The van der Waals surface area contributed by atoms with E-state index in [1.807, 2.05) is 42.5 Å². The summed E-state index contributed by atoms with van der Waals surface area (Å²) in [7, 11) is 2.16. The van der Waals surface area contributed by atoms with Gasteiger partial charge in [0.1, 0.15) is 5.75 Å². The molecule has 32 heavy (non-hydrogen) atoms. The Morgan fingerprint density at radius 2 is 1.72 bits per heavy atom. The molecule has 1 aliphatic heterocycles. The Hall–Kier alpha value is -2.37. The number of amides is 1. The maximum Gasteiger partial charge on any atom is 0.224 e. The second-order valence-electron chi connectivity index (χ2n) is 9.16. The predicted molar refractivity (Wildman–Crippen MR) is 131 cm³/mol. The molecule has 2 unspecified atom stereocenters. The van der Waals surface area contributed by atoms with E-state index in [9.17, 15) is 4.79 Å². The van der Waals surface area contributed by atoms with E-state index in [1.165, 1.54) is 12.8 Å². The van der Waals surface area contributed by atoms with E-state index in [4.69, 9.17) is 4.74 Å². The minimum absolute atomic E-state index is 0.0392. The van der Waals surface area contributed by atoms with Gasteiger partial charge in [-0.1, -0.05) is 62.7 Å². The lowest BCUT2D eigenvalue weighted by Gasteiger charge is -2.35. The Bertz CT molecular complexity index is 801. The van der Waals surface area contributed by atoms with Gasteiger partial charge in [-0.05, 0) is 42.6 Å². The van der Waals surface area contributed by atoms with Crippen molar-refractivity contribution in [1.82, 2.24) is 15.1 Å². The number of nitrogens with zero attached hydrogens (tertiary/aromatic N) is 2. The highest BCUT2D eigenvalue weighted by Gasteiger charge is 2.21. The molecule has 1 fully saturated rings. The Morgan fingerprint density at radius 3 is 2.38 bits per heavy atom. The lowest BCUT2D eigenvalue weighted by atomic mass is 10.0. The van der Waals surface area contributed by atoms with Crippen molar-refractivity contribution in [3.05, 3.63) is 65.7 Å². The first kappa shape index (κ1) is 24.3. The summed E-state index contributed by atoms with van der Waals surface area (Å²) in [5.41, 5.74) is 2.16. The van der Waals surface area contributed by atoms with Gasteiger partial charge >= 0.3 is 0 Å². The molecule has 0 aromatic heterocycles. The van der Waals surface area contributed by atoms with E-state index in [2.05, 4.69) is 48.1 Å². The van der Waals surface area contributed by atoms with Crippen LogP contribution in [0.1, 0.15) is 43.9 Å². The lowest BCUT2D eigenvalue weighted by molar-refractivity contribution is -0.121. The SMILES string of the molecule is CCCC(C)COc1ccc(C(CN2CCN(C)CC2)NC(=O)Cc2ccccc2)cc1. The normalized spacial score (nSPS) is 17.0. The zero-order valence-electron chi connectivity index (χ0n) is 19.9. The van der Waals surface area contributed by atoms with E-state index in [-0.39, 0.29) is 11.9 Å². The molecule has 0 bridgehead atoms. The number of likely N-dealkylation sites (N-methyl/N-ethyl adjacent to an activating group) is 1. The highest BCUT2D eigenvalue weighted by atomic mass is 16.5. The summed E-state index contributed by atoms with van der Waals surface area (Å²) in [4.78, 5) is 17.6. The summed E-state index contributed by atoms with van der Waals surface area (Å²) in [6.07, 6.45) is 2.76. The van der Waals surface area contributed by atoms with Crippen LogP contribution in [0.3, 0.4) is 0 Å². The Morgan fingerprint density at radius 1 is 1.03 bits per heavy atom. The van der Waals surface area contributed by atoms with Crippen molar-refractivity contribution in [1.29, 1.82) is 0 Å². The zero-order chi connectivity index (χ0) is 22.8. The van der Waals surface area contributed by atoms with Gasteiger partial charge < -0.3 is 15.0 Å². The topological polar surface area (TPSA) is 44.8 Å². The summed E-state index contributed by atoms with van der Waals surface area (Å²) >= 11 is 0. The van der Waals surface area contributed by atoms with Gasteiger partial charge in [-0.25, -0.2) is 0 Å². The van der Waals surface area contributed by atoms with Crippen LogP contribution < -0.4 is 10.1 Å². The first-order valence-electron chi connectivity index (χ1n) is 12.0. The summed E-state index contributed by atoms with van der Waals surface area (Å²) in [5, 5.41) is 3.29. The number of benzene rings is 2. The van der Waals surface area contributed by atoms with E-state index >= 15 is 0 Å². The molecular weight excluding hydrogens is 398 g/mol. The Kier molecular flexibility index (Phi) is 9.57. The molecule has 2 aromatic carbocycles. The second kappa shape index (κ2) is 12.6. The molecule has 5 nitrogen and oxygen atoms in total. The highest BCUT2D eigenvalue weighted by Crippen LogP contribution is 2.21. The molecule has 0 radical (unpaired) electrons. The van der Waals surface area contributed by atoms with E-state index in [1.54, 1.807) is 0 Å². The van der Waals surface area contributed by atoms with Crippen molar-refractivity contribution in [2.75, 3.05) is 46.4 Å². The molecule has 1 N–H and O–H groups in total. The summed E-state index contributed by atoms with van der Waals surface area (Å²) in [6, 6.07) is 18.2. The van der Waals surface area contributed by atoms with Gasteiger partial charge in [0.2, 0.25) is 5.91 Å². The molecule has 1 amide bonds. The third-order valence-electron chi connectivity index (χ3n) is 6.18. The fourth-order valence-corrected chi connectivity index (χ4v) is 4.16. The quantitative estimate of drug-likeness (QED) is 0.574. The Labute approximate surface area is 193 Å². The van der Waals surface area contributed by atoms with Crippen molar-refractivity contribution >= 4 is 5.91 Å². The molecule has 174 valence electrons. The second-order valence-corrected chi connectivity index (χ2v) is 9.16. The van der Waals surface area contributed by atoms with E-state index in [0.717, 1.165) is 56.2 Å². The number of carbonyl (C=O) groups is 1. The molecular formula is C27H39N3O2. The number of hydrogen-bond donors (Lipinski definition) is 1.